The van der Waals surface area contributed by atoms with E-state index in [1.54, 1.807) is 17.7 Å². The normalized spacial score (nSPS) is 11.9. The first-order valence-electron chi connectivity index (χ1n) is 11.3. The Bertz CT molecular complexity index is 1270. The quantitative estimate of drug-likeness (QED) is 0.385. The number of hydrogen-bond donors (Lipinski definition) is 1. The van der Waals surface area contributed by atoms with E-state index in [4.69, 9.17) is 9.47 Å². The highest BCUT2D eigenvalue weighted by Gasteiger charge is 2.24. The molecule has 9 heteroatoms. The van der Waals surface area contributed by atoms with E-state index in [2.05, 4.69) is 32.5 Å². The largest absolute Gasteiger partial charge is 0.496 e. The number of ether oxygens (including phenoxy) is 2. The van der Waals surface area contributed by atoms with Gasteiger partial charge in [-0.1, -0.05) is 48.9 Å². The molecule has 0 bridgehead atoms. The number of aryl methyl sites for hydroxylation is 2. The minimum Gasteiger partial charge on any atom is -0.496 e. The summed E-state index contributed by atoms with van der Waals surface area (Å²) in [5, 5.41) is 14.4. The van der Waals surface area contributed by atoms with Crippen molar-refractivity contribution in [2.24, 2.45) is 0 Å². The van der Waals surface area contributed by atoms with Crippen LogP contribution < -0.4 is 15.0 Å². The molecule has 0 saturated heterocycles. The smallest absolute Gasteiger partial charge is 0.254 e. The standard InChI is InChI=1S/C25H28N6O3/c1-4-5-10-22-26-17(2)15-23(32)31(22)16-18-11-13-19(14-12-18)34-24(25-27-29-30-28-25)20-8-6-7-9-21(20)33-3/h6-9,11-15,24H,4-5,10,16H2,1-3H3,(H,27,28,29,30). The van der Waals surface area contributed by atoms with E-state index in [1.165, 1.54) is 0 Å². The lowest BCUT2D eigenvalue weighted by Gasteiger charge is -2.19. The molecule has 0 aliphatic rings. The Balaban J connectivity index is 1.57. The summed E-state index contributed by atoms with van der Waals surface area (Å²) in [5.41, 5.74) is 2.48. The SMILES string of the molecule is CCCCc1nc(C)cc(=O)n1Cc1ccc(OC(c2nn[nH]n2)c2ccccc2OC)cc1. The first kappa shape index (κ1) is 23.2. The van der Waals surface area contributed by atoms with Gasteiger partial charge in [0.2, 0.25) is 5.82 Å². The molecular weight excluding hydrogens is 432 g/mol. The topological polar surface area (TPSA) is 108 Å². The van der Waals surface area contributed by atoms with Crippen molar-refractivity contribution in [3.05, 3.63) is 93.4 Å². The van der Waals surface area contributed by atoms with Gasteiger partial charge in [0, 0.05) is 23.7 Å². The van der Waals surface area contributed by atoms with Crippen LogP contribution in [0.15, 0.2) is 59.4 Å². The summed E-state index contributed by atoms with van der Waals surface area (Å²) < 4.78 is 13.5. The number of tetrazole rings is 1. The molecule has 1 unspecified atom stereocenters. The number of methoxy groups -OCH3 is 1. The van der Waals surface area contributed by atoms with Crippen molar-refractivity contribution in [1.82, 2.24) is 30.2 Å². The first-order chi connectivity index (χ1) is 16.6. The van der Waals surface area contributed by atoms with Crippen LogP contribution in [0, 0.1) is 6.92 Å². The number of para-hydroxylation sites is 1. The molecular formula is C25H28N6O3. The van der Waals surface area contributed by atoms with E-state index in [0.717, 1.165) is 41.9 Å². The number of hydrogen-bond acceptors (Lipinski definition) is 7. The molecule has 4 rings (SSSR count). The first-order valence-corrected chi connectivity index (χ1v) is 11.3. The summed E-state index contributed by atoms with van der Waals surface area (Å²) >= 11 is 0. The molecule has 2 heterocycles. The third-order valence-corrected chi connectivity index (χ3v) is 5.50. The second-order valence-electron chi connectivity index (χ2n) is 8.00. The Hall–Kier alpha value is -4.01. The number of nitrogens with one attached hydrogen (secondary N) is 1. The van der Waals surface area contributed by atoms with Crippen molar-refractivity contribution in [2.45, 2.75) is 45.8 Å². The van der Waals surface area contributed by atoms with Crippen molar-refractivity contribution in [1.29, 1.82) is 0 Å². The van der Waals surface area contributed by atoms with Crippen molar-refractivity contribution in [3.63, 3.8) is 0 Å². The fourth-order valence-electron chi connectivity index (χ4n) is 3.79. The number of unbranched alkanes of at least 4 members (excludes halogenated alkanes) is 1. The molecule has 0 fully saturated rings. The van der Waals surface area contributed by atoms with Crippen molar-refractivity contribution in [2.75, 3.05) is 7.11 Å². The maximum atomic E-state index is 12.7. The van der Waals surface area contributed by atoms with Gasteiger partial charge in [0.05, 0.1) is 13.7 Å². The van der Waals surface area contributed by atoms with Crippen molar-refractivity contribution in [3.8, 4) is 11.5 Å². The Morgan fingerprint density at radius 2 is 1.91 bits per heavy atom. The zero-order chi connectivity index (χ0) is 23.9. The zero-order valence-corrected chi connectivity index (χ0v) is 19.6. The molecule has 2 aromatic heterocycles. The summed E-state index contributed by atoms with van der Waals surface area (Å²) in [5.74, 6) is 2.51. The summed E-state index contributed by atoms with van der Waals surface area (Å²) in [4.78, 5) is 17.3. The molecule has 0 saturated carbocycles. The van der Waals surface area contributed by atoms with Crippen LogP contribution in [0.1, 0.15) is 54.3 Å². The van der Waals surface area contributed by atoms with Crippen LogP contribution in [-0.2, 0) is 13.0 Å². The molecule has 0 radical (unpaired) electrons. The van der Waals surface area contributed by atoms with Crippen LogP contribution in [-0.4, -0.2) is 37.3 Å². The molecule has 0 spiro atoms. The summed E-state index contributed by atoms with van der Waals surface area (Å²) in [7, 11) is 1.61. The number of aromatic nitrogens is 6. The van der Waals surface area contributed by atoms with E-state index in [0.29, 0.717) is 23.9 Å². The van der Waals surface area contributed by atoms with Gasteiger partial charge >= 0.3 is 0 Å². The number of aromatic amines is 1. The van der Waals surface area contributed by atoms with Gasteiger partial charge in [-0.2, -0.15) is 5.21 Å². The Morgan fingerprint density at radius 3 is 2.62 bits per heavy atom. The van der Waals surface area contributed by atoms with E-state index in [1.807, 2.05) is 55.5 Å². The van der Waals surface area contributed by atoms with Gasteiger partial charge in [-0.25, -0.2) is 4.98 Å². The Kier molecular flexibility index (Phi) is 7.31. The highest BCUT2D eigenvalue weighted by Crippen LogP contribution is 2.32. The van der Waals surface area contributed by atoms with Gasteiger partial charge in [-0.15, -0.1) is 10.2 Å². The summed E-state index contributed by atoms with van der Waals surface area (Å²) in [6.45, 7) is 4.44. The molecule has 1 N–H and O–H groups in total. The Labute approximate surface area is 197 Å². The van der Waals surface area contributed by atoms with Gasteiger partial charge in [-0.3, -0.25) is 9.36 Å². The molecule has 176 valence electrons. The maximum absolute atomic E-state index is 12.7. The lowest BCUT2D eigenvalue weighted by atomic mass is 10.1. The molecule has 0 amide bonds. The van der Waals surface area contributed by atoms with Crippen LogP contribution in [0.3, 0.4) is 0 Å². The van der Waals surface area contributed by atoms with Crippen LogP contribution in [0.25, 0.3) is 0 Å². The predicted octanol–water partition coefficient (Wildman–Crippen LogP) is 3.63. The second kappa shape index (κ2) is 10.7. The number of nitrogens with zero attached hydrogens (tertiary/aromatic N) is 5. The van der Waals surface area contributed by atoms with E-state index < -0.39 is 6.10 Å². The van der Waals surface area contributed by atoms with Crippen molar-refractivity contribution < 1.29 is 9.47 Å². The number of rotatable bonds is 10. The van der Waals surface area contributed by atoms with Crippen LogP contribution in [0.4, 0.5) is 0 Å². The molecule has 4 aromatic rings. The lowest BCUT2D eigenvalue weighted by molar-refractivity contribution is 0.230. The minimum absolute atomic E-state index is 0.0349. The van der Waals surface area contributed by atoms with E-state index >= 15 is 0 Å². The van der Waals surface area contributed by atoms with E-state index in [-0.39, 0.29) is 5.56 Å². The van der Waals surface area contributed by atoms with Gasteiger partial charge in [0.15, 0.2) is 6.10 Å². The highest BCUT2D eigenvalue weighted by atomic mass is 16.5. The fourth-order valence-corrected chi connectivity index (χ4v) is 3.79. The highest BCUT2D eigenvalue weighted by molar-refractivity contribution is 5.39. The zero-order valence-electron chi connectivity index (χ0n) is 19.6. The lowest BCUT2D eigenvalue weighted by Crippen LogP contribution is -2.25. The monoisotopic (exact) mass is 460 g/mol. The van der Waals surface area contributed by atoms with Crippen LogP contribution in [0.5, 0.6) is 11.5 Å². The van der Waals surface area contributed by atoms with Gasteiger partial charge in [0.1, 0.15) is 17.3 Å². The molecule has 0 aliphatic carbocycles. The minimum atomic E-state index is -0.606. The average Bonchev–Trinajstić information content (AvgIpc) is 3.38. The molecule has 2 aromatic carbocycles. The average molecular weight is 461 g/mol. The van der Waals surface area contributed by atoms with Crippen LogP contribution >= 0.6 is 0 Å². The second-order valence-corrected chi connectivity index (χ2v) is 8.00. The summed E-state index contributed by atoms with van der Waals surface area (Å²) in [6, 6.07) is 16.8. The fraction of sp³-hybridized carbons (Fsp3) is 0.320. The third-order valence-electron chi connectivity index (χ3n) is 5.50. The van der Waals surface area contributed by atoms with Crippen LogP contribution in [0.2, 0.25) is 0 Å². The maximum Gasteiger partial charge on any atom is 0.254 e. The molecule has 9 nitrogen and oxygen atoms in total. The van der Waals surface area contributed by atoms with E-state index in [9.17, 15) is 4.79 Å². The third kappa shape index (κ3) is 5.31. The van der Waals surface area contributed by atoms with Gasteiger partial charge < -0.3 is 9.47 Å². The molecule has 1 atom stereocenters. The summed E-state index contributed by atoms with van der Waals surface area (Å²) in [6.07, 6.45) is 2.21. The number of H-pyrrole nitrogens is 1. The Morgan fingerprint density at radius 1 is 1.12 bits per heavy atom. The van der Waals surface area contributed by atoms with Gasteiger partial charge in [0.25, 0.3) is 5.56 Å². The molecule has 34 heavy (non-hydrogen) atoms. The molecule has 0 aliphatic heterocycles. The van der Waals surface area contributed by atoms with Gasteiger partial charge in [-0.05, 0) is 37.1 Å². The van der Waals surface area contributed by atoms with Crippen molar-refractivity contribution >= 4 is 0 Å². The predicted molar refractivity (Wildman–Crippen MR) is 127 cm³/mol. The number of benzene rings is 2.